The van der Waals surface area contributed by atoms with Gasteiger partial charge in [-0.15, -0.1) is 0 Å². The van der Waals surface area contributed by atoms with E-state index in [0.29, 0.717) is 11.6 Å². The van der Waals surface area contributed by atoms with Gasteiger partial charge in [-0.2, -0.15) is 0 Å². The topological polar surface area (TPSA) is 64.0 Å². The van der Waals surface area contributed by atoms with Gasteiger partial charge in [0.15, 0.2) is 5.16 Å². The highest BCUT2D eigenvalue weighted by molar-refractivity contribution is 8.00. The lowest BCUT2D eigenvalue weighted by Crippen LogP contribution is -2.26. The Kier molecular flexibility index (Phi) is 6.44. The Balaban J connectivity index is 1.74. The van der Waals surface area contributed by atoms with Crippen molar-refractivity contribution >= 4 is 45.9 Å². The first-order valence-electron chi connectivity index (χ1n) is 9.64. The molecule has 0 aliphatic heterocycles. The molecular formula is C23H15ClF3N3O2S. The van der Waals surface area contributed by atoms with E-state index < -0.39 is 34.2 Å². The van der Waals surface area contributed by atoms with E-state index in [0.717, 1.165) is 40.6 Å². The van der Waals surface area contributed by atoms with Crippen LogP contribution in [0.3, 0.4) is 0 Å². The SMILES string of the molecule is C[C@@H](Sc1nc2ccccc2c(=O)n1-c1ccc(F)cc1F)C(=O)Nc1ccc(F)cc1Cl. The van der Waals surface area contributed by atoms with Crippen molar-refractivity contribution < 1.29 is 18.0 Å². The summed E-state index contributed by atoms with van der Waals surface area (Å²) < 4.78 is 42.3. The molecule has 168 valence electrons. The summed E-state index contributed by atoms with van der Waals surface area (Å²) in [5.74, 6) is -2.80. The molecule has 0 radical (unpaired) electrons. The quantitative estimate of drug-likeness (QED) is 0.294. The predicted octanol–water partition coefficient (Wildman–Crippen LogP) is 5.58. The Labute approximate surface area is 195 Å². The van der Waals surface area contributed by atoms with Crippen LogP contribution in [0.5, 0.6) is 0 Å². The highest BCUT2D eigenvalue weighted by Crippen LogP contribution is 2.28. The normalized spacial score (nSPS) is 12.0. The van der Waals surface area contributed by atoms with Crippen LogP contribution in [-0.2, 0) is 4.79 Å². The first-order valence-corrected chi connectivity index (χ1v) is 10.9. The second-order valence-corrected chi connectivity index (χ2v) is 8.74. The van der Waals surface area contributed by atoms with Crippen LogP contribution in [0.4, 0.5) is 18.9 Å². The maximum atomic E-state index is 14.6. The molecule has 0 saturated carbocycles. The van der Waals surface area contributed by atoms with E-state index in [-0.39, 0.29) is 26.9 Å². The number of hydrogen-bond donors (Lipinski definition) is 1. The van der Waals surface area contributed by atoms with Crippen LogP contribution in [-0.4, -0.2) is 20.7 Å². The fraction of sp³-hybridized carbons (Fsp3) is 0.0870. The summed E-state index contributed by atoms with van der Waals surface area (Å²) in [4.78, 5) is 30.4. The third-order valence-corrected chi connectivity index (χ3v) is 6.10. The highest BCUT2D eigenvalue weighted by Gasteiger charge is 2.22. The number of hydrogen-bond acceptors (Lipinski definition) is 4. The number of para-hydroxylation sites is 1. The predicted molar refractivity (Wildman–Crippen MR) is 123 cm³/mol. The minimum absolute atomic E-state index is 0.0228. The fourth-order valence-electron chi connectivity index (χ4n) is 3.10. The van der Waals surface area contributed by atoms with Crippen LogP contribution >= 0.6 is 23.4 Å². The summed E-state index contributed by atoms with van der Waals surface area (Å²) in [6.45, 7) is 1.56. The molecule has 33 heavy (non-hydrogen) atoms. The Hall–Kier alpha value is -3.30. The van der Waals surface area contributed by atoms with Crippen molar-refractivity contribution in [3.05, 3.63) is 93.5 Å². The summed E-state index contributed by atoms with van der Waals surface area (Å²) in [5, 5.41) is 2.08. The second kappa shape index (κ2) is 9.29. The van der Waals surface area contributed by atoms with Gasteiger partial charge in [-0.05, 0) is 49.4 Å². The van der Waals surface area contributed by atoms with Crippen molar-refractivity contribution in [1.82, 2.24) is 9.55 Å². The largest absolute Gasteiger partial charge is 0.324 e. The lowest BCUT2D eigenvalue weighted by atomic mass is 10.2. The van der Waals surface area contributed by atoms with Gasteiger partial charge in [0.25, 0.3) is 5.56 Å². The van der Waals surface area contributed by atoms with Crippen molar-refractivity contribution in [2.24, 2.45) is 0 Å². The molecule has 0 aliphatic carbocycles. The number of carbonyl (C=O) groups is 1. The number of thioether (sulfide) groups is 1. The van der Waals surface area contributed by atoms with Crippen LogP contribution in [0, 0.1) is 17.5 Å². The molecule has 1 atom stereocenters. The molecule has 10 heteroatoms. The van der Waals surface area contributed by atoms with Gasteiger partial charge in [0.1, 0.15) is 17.5 Å². The number of fused-ring (bicyclic) bond motifs is 1. The van der Waals surface area contributed by atoms with E-state index in [1.54, 1.807) is 31.2 Å². The number of amides is 1. The first kappa shape index (κ1) is 22.9. The molecule has 1 N–H and O–H groups in total. The van der Waals surface area contributed by atoms with Crippen LogP contribution in [0.15, 0.2) is 70.6 Å². The van der Waals surface area contributed by atoms with E-state index in [4.69, 9.17) is 11.6 Å². The van der Waals surface area contributed by atoms with Gasteiger partial charge in [0.05, 0.1) is 32.6 Å². The molecule has 0 bridgehead atoms. The summed E-state index contributed by atoms with van der Waals surface area (Å²) >= 11 is 6.87. The van der Waals surface area contributed by atoms with Crippen molar-refractivity contribution in [1.29, 1.82) is 0 Å². The number of benzene rings is 3. The van der Waals surface area contributed by atoms with Crippen LogP contribution in [0.1, 0.15) is 6.92 Å². The molecule has 0 spiro atoms. The zero-order valence-electron chi connectivity index (χ0n) is 17.0. The number of rotatable bonds is 5. The first-order chi connectivity index (χ1) is 15.7. The fourth-order valence-corrected chi connectivity index (χ4v) is 4.24. The van der Waals surface area contributed by atoms with Crippen LogP contribution in [0.25, 0.3) is 16.6 Å². The number of halogens is 4. The molecule has 4 rings (SSSR count). The lowest BCUT2D eigenvalue weighted by molar-refractivity contribution is -0.115. The Bertz CT molecular complexity index is 1440. The van der Waals surface area contributed by atoms with Gasteiger partial charge in [0.2, 0.25) is 5.91 Å². The molecule has 0 fully saturated rings. The van der Waals surface area contributed by atoms with Gasteiger partial charge < -0.3 is 5.32 Å². The average molecular weight is 490 g/mol. The monoisotopic (exact) mass is 489 g/mol. The third-order valence-electron chi connectivity index (χ3n) is 4.74. The van der Waals surface area contributed by atoms with Gasteiger partial charge in [-0.25, -0.2) is 18.2 Å². The van der Waals surface area contributed by atoms with Crippen LogP contribution < -0.4 is 10.9 Å². The average Bonchev–Trinajstić information content (AvgIpc) is 2.77. The Morgan fingerprint density at radius 2 is 1.76 bits per heavy atom. The molecule has 3 aromatic carbocycles. The van der Waals surface area contributed by atoms with E-state index in [2.05, 4.69) is 10.3 Å². The number of nitrogens with zero attached hydrogens (tertiary/aromatic N) is 2. The molecule has 0 saturated heterocycles. The van der Waals surface area contributed by atoms with Gasteiger partial charge in [0, 0.05) is 6.07 Å². The van der Waals surface area contributed by atoms with Crippen molar-refractivity contribution in [2.45, 2.75) is 17.3 Å². The van der Waals surface area contributed by atoms with Crippen molar-refractivity contribution in [2.75, 3.05) is 5.32 Å². The van der Waals surface area contributed by atoms with Crippen LogP contribution in [0.2, 0.25) is 5.02 Å². The number of aromatic nitrogens is 2. The molecule has 0 unspecified atom stereocenters. The third kappa shape index (κ3) is 4.74. The smallest absolute Gasteiger partial charge is 0.266 e. The summed E-state index contributed by atoms with van der Waals surface area (Å²) in [7, 11) is 0. The molecule has 1 amide bonds. The zero-order valence-corrected chi connectivity index (χ0v) is 18.6. The summed E-state index contributed by atoms with van der Waals surface area (Å²) in [5.41, 5.74) is -0.193. The minimum atomic E-state index is -0.953. The maximum Gasteiger partial charge on any atom is 0.266 e. The summed E-state index contributed by atoms with van der Waals surface area (Å²) in [6, 6.07) is 12.9. The Morgan fingerprint density at radius 3 is 2.48 bits per heavy atom. The highest BCUT2D eigenvalue weighted by atomic mass is 35.5. The van der Waals surface area contributed by atoms with E-state index in [1.807, 2.05) is 0 Å². The molecular weight excluding hydrogens is 475 g/mol. The molecule has 4 aromatic rings. The number of nitrogens with one attached hydrogen (secondary N) is 1. The molecule has 5 nitrogen and oxygen atoms in total. The maximum absolute atomic E-state index is 14.6. The molecule has 1 aromatic heterocycles. The zero-order chi connectivity index (χ0) is 23.7. The standard InChI is InChI=1S/C23H15ClF3N3O2S/c1-12(21(31)28-19-8-6-13(25)10-16(19)24)33-23-29-18-5-3-2-4-15(18)22(32)30(23)20-9-7-14(26)11-17(20)27/h2-12H,1H3,(H,28,31)/t12-/m1/s1. The van der Waals surface area contributed by atoms with Crippen molar-refractivity contribution in [3.8, 4) is 5.69 Å². The molecule has 0 aliphatic rings. The van der Waals surface area contributed by atoms with E-state index in [1.165, 1.54) is 6.07 Å². The van der Waals surface area contributed by atoms with Gasteiger partial charge in [-0.1, -0.05) is 35.5 Å². The van der Waals surface area contributed by atoms with E-state index >= 15 is 0 Å². The molecule has 1 heterocycles. The second-order valence-electron chi connectivity index (χ2n) is 7.02. The van der Waals surface area contributed by atoms with Crippen molar-refractivity contribution in [3.63, 3.8) is 0 Å². The van der Waals surface area contributed by atoms with Gasteiger partial charge >= 0.3 is 0 Å². The minimum Gasteiger partial charge on any atom is -0.324 e. The number of carbonyl (C=O) groups excluding carboxylic acids is 1. The summed E-state index contributed by atoms with van der Waals surface area (Å²) in [6.07, 6.45) is 0. The number of anilines is 1. The van der Waals surface area contributed by atoms with E-state index in [9.17, 15) is 22.8 Å². The van der Waals surface area contributed by atoms with Gasteiger partial charge in [-0.3, -0.25) is 14.2 Å². The lowest BCUT2D eigenvalue weighted by Gasteiger charge is -2.17. The Morgan fingerprint density at radius 1 is 1.06 bits per heavy atom.